The monoisotopic (exact) mass is 279 g/mol. The molecule has 0 amide bonds. The first-order chi connectivity index (χ1) is 7.61. The first-order valence-corrected chi connectivity index (χ1v) is 5.93. The zero-order valence-corrected chi connectivity index (χ0v) is 11.0. The van der Waals surface area contributed by atoms with Crippen molar-refractivity contribution in [3.8, 4) is 5.69 Å². The zero-order chi connectivity index (χ0) is 11.7. The maximum absolute atomic E-state index is 5.59. The molecule has 3 nitrogen and oxygen atoms in total. The second kappa shape index (κ2) is 4.39. The van der Waals surface area contributed by atoms with Gasteiger partial charge in [0.05, 0.1) is 11.4 Å². The average Bonchev–Trinajstić information content (AvgIpc) is 2.60. The highest BCUT2D eigenvalue weighted by molar-refractivity contribution is 9.10. The van der Waals surface area contributed by atoms with E-state index in [2.05, 4.69) is 40.1 Å². The molecule has 4 heteroatoms. The number of hydrogen-bond donors (Lipinski definition) is 1. The van der Waals surface area contributed by atoms with Crippen LogP contribution in [-0.2, 0) is 6.54 Å². The number of nitrogens with zero attached hydrogens (tertiary/aromatic N) is 2. The van der Waals surface area contributed by atoms with Crippen LogP contribution in [0.25, 0.3) is 5.69 Å². The van der Waals surface area contributed by atoms with Crippen LogP contribution in [0.3, 0.4) is 0 Å². The van der Waals surface area contributed by atoms with Crippen LogP contribution in [0.15, 0.2) is 28.7 Å². The summed E-state index contributed by atoms with van der Waals surface area (Å²) in [5.74, 6) is 0. The van der Waals surface area contributed by atoms with Gasteiger partial charge in [0, 0.05) is 16.7 Å². The van der Waals surface area contributed by atoms with Crippen molar-refractivity contribution in [3.05, 3.63) is 45.7 Å². The van der Waals surface area contributed by atoms with Crippen molar-refractivity contribution in [2.75, 3.05) is 0 Å². The van der Waals surface area contributed by atoms with E-state index >= 15 is 0 Å². The molecule has 0 aliphatic carbocycles. The molecule has 2 rings (SSSR count). The molecule has 0 saturated carbocycles. The van der Waals surface area contributed by atoms with Crippen molar-refractivity contribution >= 4 is 15.9 Å². The van der Waals surface area contributed by atoms with Gasteiger partial charge in [-0.15, -0.1) is 0 Å². The lowest BCUT2D eigenvalue weighted by atomic mass is 10.2. The molecule has 0 radical (unpaired) electrons. The summed E-state index contributed by atoms with van der Waals surface area (Å²) in [6.45, 7) is 4.58. The van der Waals surface area contributed by atoms with Gasteiger partial charge in [0.1, 0.15) is 0 Å². The Balaban J connectivity index is 2.53. The molecule has 0 bridgehead atoms. The van der Waals surface area contributed by atoms with Crippen molar-refractivity contribution in [1.29, 1.82) is 0 Å². The predicted molar refractivity (Wildman–Crippen MR) is 68.6 cm³/mol. The Morgan fingerprint density at radius 2 is 2.06 bits per heavy atom. The fourth-order valence-electron chi connectivity index (χ4n) is 1.74. The minimum Gasteiger partial charge on any atom is -0.325 e. The first-order valence-electron chi connectivity index (χ1n) is 5.14. The summed E-state index contributed by atoms with van der Waals surface area (Å²) in [4.78, 5) is 0. The second-order valence-corrected chi connectivity index (χ2v) is 4.74. The third-order valence-electron chi connectivity index (χ3n) is 2.53. The highest BCUT2D eigenvalue weighted by Crippen LogP contribution is 2.20. The number of rotatable bonds is 2. The SMILES string of the molecule is Cc1cc(Br)ccc1-n1nc(CN)cc1C. The van der Waals surface area contributed by atoms with E-state index in [-0.39, 0.29) is 0 Å². The van der Waals surface area contributed by atoms with Crippen LogP contribution in [0, 0.1) is 13.8 Å². The van der Waals surface area contributed by atoms with Crippen molar-refractivity contribution in [1.82, 2.24) is 9.78 Å². The Hall–Kier alpha value is -1.13. The molecule has 1 heterocycles. The standard InChI is InChI=1S/C12H14BrN3/c1-8-5-10(13)3-4-12(8)16-9(2)6-11(7-14)15-16/h3-6H,7,14H2,1-2H3. The van der Waals surface area contributed by atoms with E-state index in [0.717, 1.165) is 21.5 Å². The fraction of sp³-hybridized carbons (Fsp3) is 0.250. The van der Waals surface area contributed by atoms with Gasteiger partial charge in [-0.25, -0.2) is 4.68 Å². The number of aryl methyl sites for hydroxylation is 2. The van der Waals surface area contributed by atoms with Crippen LogP contribution in [0.2, 0.25) is 0 Å². The molecule has 1 aromatic carbocycles. The van der Waals surface area contributed by atoms with Crippen molar-refractivity contribution in [2.45, 2.75) is 20.4 Å². The Bertz CT molecular complexity index is 517. The van der Waals surface area contributed by atoms with E-state index in [1.165, 1.54) is 5.56 Å². The number of benzene rings is 1. The Labute approximate surface area is 103 Å². The Morgan fingerprint density at radius 1 is 1.31 bits per heavy atom. The van der Waals surface area contributed by atoms with E-state index in [9.17, 15) is 0 Å². The molecule has 0 fully saturated rings. The molecule has 0 unspecified atom stereocenters. The van der Waals surface area contributed by atoms with E-state index in [4.69, 9.17) is 5.73 Å². The quantitative estimate of drug-likeness (QED) is 0.919. The van der Waals surface area contributed by atoms with E-state index in [0.29, 0.717) is 6.54 Å². The number of hydrogen-bond acceptors (Lipinski definition) is 2. The van der Waals surface area contributed by atoms with Crippen LogP contribution >= 0.6 is 15.9 Å². The average molecular weight is 280 g/mol. The maximum Gasteiger partial charge on any atom is 0.0767 e. The van der Waals surface area contributed by atoms with Gasteiger partial charge in [0.2, 0.25) is 0 Å². The molecule has 0 saturated heterocycles. The molecule has 0 atom stereocenters. The van der Waals surface area contributed by atoms with Gasteiger partial charge in [0.15, 0.2) is 0 Å². The molecular formula is C12H14BrN3. The number of nitrogens with two attached hydrogens (primary N) is 1. The summed E-state index contributed by atoms with van der Waals surface area (Å²) >= 11 is 3.46. The van der Waals surface area contributed by atoms with Crippen LogP contribution < -0.4 is 5.73 Å². The molecule has 0 spiro atoms. The summed E-state index contributed by atoms with van der Waals surface area (Å²) < 4.78 is 3.02. The van der Waals surface area contributed by atoms with Crippen LogP contribution in [0.1, 0.15) is 17.0 Å². The van der Waals surface area contributed by atoms with Gasteiger partial charge in [0.25, 0.3) is 0 Å². The van der Waals surface area contributed by atoms with E-state index in [1.807, 2.05) is 23.7 Å². The largest absolute Gasteiger partial charge is 0.325 e. The first kappa shape index (κ1) is 11.4. The summed E-state index contributed by atoms with van der Waals surface area (Å²) in [6.07, 6.45) is 0. The lowest BCUT2D eigenvalue weighted by Gasteiger charge is -2.08. The van der Waals surface area contributed by atoms with Gasteiger partial charge in [-0.05, 0) is 43.7 Å². The van der Waals surface area contributed by atoms with Crippen molar-refractivity contribution in [2.24, 2.45) is 5.73 Å². The third kappa shape index (κ3) is 2.03. The van der Waals surface area contributed by atoms with E-state index in [1.54, 1.807) is 0 Å². The molecule has 1 aromatic heterocycles. The summed E-state index contributed by atoms with van der Waals surface area (Å²) in [5.41, 5.74) is 9.89. The van der Waals surface area contributed by atoms with Crippen molar-refractivity contribution in [3.63, 3.8) is 0 Å². The molecule has 2 aromatic rings. The van der Waals surface area contributed by atoms with E-state index < -0.39 is 0 Å². The normalized spacial score (nSPS) is 10.8. The van der Waals surface area contributed by atoms with Crippen LogP contribution in [0.4, 0.5) is 0 Å². The lowest BCUT2D eigenvalue weighted by Crippen LogP contribution is -2.03. The Morgan fingerprint density at radius 3 is 2.62 bits per heavy atom. The highest BCUT2D eigenvalue weighted by atomic mass is 79.9. The topological polar surface area (TPSA) is 43.8 Å². The second-order valence-electron chi connectivity index (χ2n) is 3.82. The Kier molecular flexibility index (Phi) is 3.12. The molecular weight excluding hydrogens is 266 g/mol. The fourth-order valence-corrected chi connectivity index (χ4v) is 2.21. The van der Waals surface area contributed by atoms with Gasteiger partial charge >= 0.3 is 0 Å². The summed E-state index contributed by atoms with van der Waals surface area (Å²) in [7, 11) is 0. The summed E-state index contributed by atoms with van der Waals surface area (Å²) in [6, 6.07) is 8.17. The minimum atomic E-state index is 0.476. The highest BCUT2D eigenvalue weighted by Gasteiger charge is 2.07. The lowest BCUT2D eigenvalue weighted by molar-refractivity contribution is 0.807. The van der Waals surface area contributed by atoms with Gasteiger partial charge in [-0.2, -0.15) is 5.10 Å². The van der Waals surface area contributed by atoms with Crippen molar-refractivity contribution < 1.29 is 0 Å². The zero-order valence-electron chi connectivity index (χ0n) is 9.37. The number of halogens is 1. The molecule has 16 heavy (non-hydrogen) atoms. The molecule has 0 aliphatic heterocycles. The van der Waals surface area contributed by atoms with Crippen LogP contribution in [0.5, 0.6) is 0 Å². The third-order valence-corrected chi connectivity index (χ3v) is 3.03. The predicted octanol–water partition coefficient (Wildman–Crippen LogP) is 2.71. The smallest absolute Gasteiger partial charge is 0.0767 e. The minimum absolute atomic E-state index is 0.476. The summed E-state index contributed by atoms with van der Waals surface area (Å²) in [5, 5.41) is 4.47. The number of aromatic nitrogens is 2. The molecule has 84 valence electrons. The maximum atomic E-state index is 5.59. The van der Waals surface area contributed by atoms with Gasteiger partial charge < -0.3 is 5.73 Å². The van der Waals surface area contributed by atoms with Crippen LogP contribution in [-0.4, -0.2) is 9.78 Å². The van der Waals surface area contributed by atoms with Gasteiger partial charge in [-0.3, -0.25) is 0 Å². The van der Waals surface area contributed by atoms with Gasteiger partial charge in [-0.1, -0.05) is 15.9 Å². The molecule has 0 aliphatic rings. The molecule has 2 N–H and O–H groups in total.